The normalized spacial score (nSPS) is 48.1. The first-order valence-corrected chi connectivity index (χ1v) is 7.33. The molecule has 3 unspecified atom stereocenters. The van der Waals surface area contributed by atoms with E-state index in [1.54, 1.807) is 7.11 Å². The highest BCUT2D eigenvalue weighted by Gasteiger charge is 2.70. The van der Waals surface area contributed by atoms with E-state index in [-0.39, 0.29) is 17.3 Å². The van der Waals surface area contributed by atoms with Crippen LogP contribution >= 0.6 is 0 Å². The summed E-state index contributed by atoms with van der Waals surface area (Å²) in [4.78, 5) is 0. The molecular weight excluding hydrogens is 240 g/mol. The van der Waals surface area contributed by atoms with Gasteiger partial charge in [0.2, 0.25) is 0 Å². The second-order valence-electron chi connectivity index (χ2n) is 6.61. The minimum atomic E-state index is -0.0833. The number of epoxide rings is 2. The molecule has 0 amide bonds. The molecular formula is C16H25O3. The summed E-state index contributed by atoms with van der Waals surface area (Å²) in [6.45, 7) is 7.38. The summed E-state index contributed by atoms with van der Waals surface area (Å²) in [6, 6.07) is 0. The molecule has 0 bridgehead atoms. The molecule has 3 fully saturated rings. The number of hydrogen-bond donors (Lipinski definition) is 0. The Bertz CT molecular complexity index is 381. The van der Waals surface area contributed by atoms with Gasteiger partial charge in [-0.25, -0.2) is 0 Å². The molecule has 3 nitrogen and oxygen atoms in total. The van der Waals surface area contributed by atoms with Gasteiger partial charge in [-0.05, 0) is 46.5 Å². The Hall–Kier alpha value is -0.380. The van der Waals surface area contributed by atoms with Crippen LogP contribution in [0, 0.1) is 12.3 Å². The minimum Gasteiger partial charge on any atom is -0.381 e. The van der Waals surface area contributed by atoms with Gasteiger partial charge >= 0.3 is 0 Å². The Morgan fingerprint density at radius 2 is 2.21 bits per heavy atom. The molecule has 2 heterocycles. The third kappa shape index (κ3) is 2.26. The smallest absolute Gasteiger partial charge is 0.100 e. The van der Waals surface area contributed by atoms with Gasteiger partial charge in [-0.2, -0.15) is 0 Å². The van der Waals surface area contributed by atoms with Crippen LogP contribution in [0.15, 0.2) is 11.6 Å². The lowest BCUT2D eigenvalue weighted by atomic mass is 9.69. The van der Waals surface area contributed by atoms with E-state index in [1.165, 1.54) is 5.57 Å². The second kappa shape index (κ2) is 4.57. The largest absolute Gasteiger partial charge is 0.381 e. The van der Waals surface area contributed by atoms with Crippen molar-refractivity contribution in [1.29, 1.82) is 0 Å². The molecule has 0 aromatic heterocycles. The third-order valence-electron chi connectivity index (χ3n) is 4.99. The van der Waals surface area contributed by atoms with Crippen LogP contribution in [0.5, 0.6) is 0 Å². The van der Waals surface area contributed by atoms with Crippen molar-refractivity contribution in [2.24, 2.45) is 5.92 Å². The summed E-state index contributed by atoms with van der Waals surface area (Å²) in [5, 5.41) is 0. The molecule has 107 valence electrons. The molecule has 3 rings (SSSR count). The number of allylic oxidation sites excluding steroid dienone is 1. The minimum absolute atomic E-state index is 0.0316. The highest BCUT2D eigenvalue weighted by Crippen LogP contribution is 2.59. The van der Waals surface area contributed by atoms with Gasteiger partial charge in [0, 0.05) is 13.0 Å². The Kier molecular flexibility index (Phi) is 3.27. The highest BCUT2D eigenvalue weighted by atomic mass is 16.6. The molecule has 0 N–H and O–H groups in total. The summed E-state index contributed by atoms with van der Waals surface area (Å²) in [5.74, 6) is 0.342. The van der Waals surface area contributed by atoms with E-state index in [9.17, 15) is 0 Å². The van der Waals surface area contributed by atoms with E-state index in [0.717, 1.165) is 25.9 Å². The van der Waals surface area contributed by atoms with Crippen molar-refractivity contribution in [3.05, 3.63) is 18.1 Å². The maximum Gasteiger partial charge on any atom is 0.100 e. The summed E-state index contributed by atoms with van der Waals surface area (Å²) >= 11 is 0. The quantitative estimate of drug-likeness (QED) is 0.579. The van der Waals surface area contributed by atoms with Crippen LogP contribution in [-0.4, -0.2) is 37.1 Å². The van der Waals surface area contributed by atoms with E-state index < -0.39 is 0 Å². The van der Waals surface area contributed by atoms with Gasteiger partial charge in [0.05, 0.1) is 24.4 Å². The molecule has 19 heavy (non-hydrogen) atoms. The van der Waals surface area contributed by atoms with Crippen LogP contribution in [0.4, 0.5) is 0 Å². The molecule has 0 aromatic rings. The number of methoxy groups -OCH3 is 1. The lowest BCUT2D eigenvalue weighted by molar-refractivity contribution is -0.0229. The molecule has 1 saturated carbocycles. The summed E-state index contributed by atoms with van der Waals surface area (Å²) < 4.78 is 17.6. The number of hydrogen-bond acceptors (Lipinski definition) is 3. The molecule has 1 spiro atoms. The van der Waals surface area contributed by atoms with Crippen molar-refractivity contribution in [1.82, 2.24) is 0 Å². The SMILES string of the molecule is COC1[CH]CCC2(CO2)C1[C@@]1(C)O[C@@H]1CC=C(C)C. The molecule has 3 heteroatoms. The first-order valence-electron chi connectivity index (χ1n) is 7.33. The second-order valence-corrected chi connectivity index (χ2v) is 6.61. The fourth-order valence-corrected chi connectivity index (χ4v) is 3.75. The average molecular weight is 265 g/mol. The third-order valence-corrected chi connectivity index (χ3v) is 4.99. The zero-order chi connectivity index (χ0) is 13.7. The van der Waals surface area contributed by atoms with E-state index in [1.807, 2.05) is 0 Å². The van der Waals surface area contributed by atoms with Gasteiger partial charge in [-0.3, -0.25) is 0 Å². The van der Waals surface area contributed by atoms with Gasteiger partial charge in [-0.1, -0.05) is 11.6 Å². The van der Waals surface area contributed by atoms with Gasteiger partial charge in [-0.15, -0.1) is 0 Å². The molecule has 1 aliphatic carbocycles. The Morgan fingerprint density at radius 3 is 2.79 bits per heavy atom. The number of ether oxygens (including phenoxy) is 3. The van der Waals surface area contributed by atoms with Crippen LogP contribution in [0.2, 0.25) is 0 Å². The van der Waals surface area contributed by atoms with E-state index in [2.05, 4.69) is 33.3 Å². The summed E-state index contributed by atoms with van der Waals surface area (Å²) in [6.07, 6.45) is 8.25. The topological polar surface area (TPSA) is 34.3 Å². The van der Waals surface area contributed by atoms with Crippen LogP contribution in [-0.2, 0) is 14.2 Å². The standard InChI is InChI=1S/C16H25O3/c1-11(2)7-8-13-15(3,19-13)14-12(17-4)6-5-9-16(14)10-18-16/h6-7,12-14H,5,8-10H2,1-4H3/t12?,13-,14?,15+,16?/m1/s1. The van der Waals surface area contributed by atoms with Crippen molar-refractivity contribution in [2.45, 2.75) is 63.4 Å². The maximum atomic E-state index is 6.08. The predicted molar refractivity (Wildman–Crippen MR) is 73.8 cm³/mol. The first-order chi connectivity index (χ1) is 9.02. The van der Waals surface area contributed by atoms with Crippen LogP contribution in [0.1, 0.15) is 40.0 Å². The van der Waals surface area contributed by atoms with Crippen molar-refractivity contribution in [3.63, 3.8) is 0 Å². The Labute approximate surface area is 116 Å². The monoisotopic (exact) mass is 265 g/mol. The molecule has 1 radical (unpaired) electrons. The van der Waals surface area contributed by atoms with Crippen molar-refractivity contribution in [2.75, 3.05) is 13.7 Å². The molecule has 2 saturated heterocycles. The summed E-state index contributed by atoms with van der Waals surface area (Å²) in [7, 11) is 1.80. The van der Waals surface area contributed by atoms with Crippen LogP contribution < -0.4 is 0 Å². The average Bonchev–Trinajstić information content (AvgIpc) is 3.26. The molecule has 0 aromatic carbocycles. The first kappa shape index (κ1) is 13.6. The Balaban J connectivity index is 1.74. The van der Waals surface area contributed by atoms with Gasteiger partial charge in [0.15, 0.2) is 0 Å². The fourth-order valence-electron chi connectivity index (χ4n) is 3.75. The molecule has 5 atom stereocenters. The predicted octanol–water partition coefficient (Wildman–Crippen LogP) is 2.90. The maximum absolute atomic E-state index is 6.08. The van der Waals surface area contributed by atoms with Crippen molar-refractivity contribution >= 4 is 0 Å². The van der Waals surface area contributed by atoms with Crippen molar-refractivity contribution in [3.8, 4) is 0 Å². The number of rotatable bonds is 4. The van der Waals surface area contributed by atoms with Crippen LogP contribution in [0.25, 0.3) is 0 Å². The Morgan fingerprint density at radius 1 is 1.47 bits per heavy atom. The van der Waals surface area contributed by atoms with Gasteiger partial charge in [0.25, 0.3) is 0 Å². The van der Waals surface area contributed by atoms with E-state index in [4.69, 9.17) is 14.2 Å². The van der Waals surface area contributed by atoms with E-state index in [0.29, 0.717) is 12.0 Å². The highest BCUT2D eigenvalue weighted by molar-refractivity contribution is 5.21. The molecule has 2 aliphatic heterocycles. The fraction of sp³-hybridized carbons (Fsp3) is 0.812. The zero-order valence-electron chi connectivity index (χ0n) is 12.4. The van der Waals surface area contributed by atoms with Crippen LogP contribution in [0.3, 0.4) is 0 Å². The summed E-state index contributed by atoms with van der Waals surface area (Å²) in [5.41, 5.74) is 1.30. The van der Waals surface area contributed by atoms with Gasteiger partial charge in [0.1, 0.15) is 5.60 Å². The lowest BCUT2D eigenvalue weighted by Gasteiger charge is -2.38. The van der Waals surface area contributed by atoms with Crippen molar-refractivity contribution < 1.29 is 14.2 Å². The molecule has 3 aliphatic rings. The lowest BCUT2D eigenvalue weighted by Crippen LogP contribution is -2.49. The van der Waals surface area contributed by atoms with Gasteiger partial charge < -0.3 is 14.2 Å². The van der Waals surface area contributed by atoms with E-state index >= 15 is 0 Å². The zero-order valence-corrected chi connectivity index (χ0v) is 12.4.